The minimum Gasteiger partial charge on any atom is -0.106 e. The molecule has 49 valence electrons. The minimum absolute atomic E-state index is 0.245. The third-order valence-electron chi connectivity index (χ3n) is 1.85. The first kappa shape index (κ1) is 6.68. The molecule has 0 aliphatic heterocycles. The third kappa shape index (κ3) is 1.48. The van der Waals surface area contributed by atoms with Crippen molar-refractivity contribution in [2.75, 3.05) is 0 Å². The minimum atomic E-state index is 0.245. The van der Waals surface area contributed by atoms with Crippen molar-refractivity contribution in [1.82, 2.24) is 0 Å². The van der Waals surface area contributed by atoms with Crippen molar-refractivity contribution in [1.29, 1.82) is 0 Å². The third-order valence-corrected chi connectivity index (χ3v) is 1.85. The van der Waals surface area contributed by atoms with Crippen LogP contribution in [0.3, 0.4) is 0 Å². The van der Waals surface area contributed by atoms with Gasteiger partial charge in [0.25, 0.3) is 0 Å². The molecule has 1 aliphatic carbocycles. The lowest BCUT2D eigenvalue weighted by molar-refractivity contribution is 0.444. The summed E-state index contributed by atoms with van der Waals surface area (Å²) in [6.07, 6.45) is 3.59. The second-order valence-corrected chi connectivity index (χ2v) is 3.17. The molecule has 0 aromatic rings. The van der Waals surface area contributed by atoms with Crippen LogP contribution in [0.1, 0.15) is 27.2 Å². The van der Waals surface area contributed by atoms with E-state index in [1.165, 1.54) is 6.42 Å². The van der Waals surface area contributed by atoms with Gasteiger partial charge in [-0.1, -0.05) is 5.92 Å². The fourth-order valence-electron chi connectivity index (χ4n) is 1.07. The van der Waals surface area contributed by atoms with E-state index < -0.39 is 0 Å². The molecule has 1 rings (SSSR count). The second kappa shape index (κ2) is 2.06. The molecule has 0 spiro atoms. The first-order chi connectivity index (χ1) is 4.17. The topological polar surface area (TPSA) is 0 Å². The van der Waals surface area contributed by atoms with E-state index in [1.54, 1.807) is 0 Å². The largest absolute Gasteiger partial charge is 0.106 e. The van der Waals surface area contributed by atoms with Crippen molar-refractivity contribution in [3.8, 4) is 11.8 Å². The van der Waals surface area contributed by atoms with E-state index in [2.05, 4.69) is 32.1 Å². The molecule has 0 saturated heterocycles. The monoisotopic (exact) mass is 121 g/mol. The zero-order chi connectivity index (χ0) is 6.91. The molecule has 0 amide bonds. The molecule has 0 heterocycles. The molecule has 1 atom stereocenters. The molecule has 1 unspecified atom stereocenters. The molecule has 1 fully saturated rings. The van der Waals surface area contributed by atoms with E-state index >= 15 is 0 Å². The Balaban J connectivity index is 2.55. The highest BCUT2D eigenvalue weighted by Gasteiger charge is 2.36. The van der Waals surface area contributed by atoms with Gasteiger partial charge < -0.3 is 0 Å². The standard InChI is InChI=1S/C9H13/c1-4-7-9(2,3)8-5-6-8/h5,8H,6H2,1-3H3. The smallest absolute Gasteiger partial charge is 0.0289 e. The molecule has 0 aromatic heterocycles. The van der Waals surface area contributed by atoms with E-state index in [9.17, 15) is 0 Å². The fourth-order valence-corrected chi connectivity index (χ4v) is 1.07. The van der Waals surface area contributed by atoms with Crippen LogP contribution in [-0.4, -0.2) is 0 Å². The van der Waals surface area contributed by atoms with E-state index in [0.29, 0.717) is 0 Å². The van der Waals surface area contributed by atoms with Gasteiger partial charge in [0.2, 0.25) is 0 Å². The lowest BCUT2D eigenvalue weighted by Crippen LogP contribution is -2.10. The highest BCUT2D eigenvalue weighted by molar-refractivity contribution is 5.17. The van der Waals surface area contributed by atoms with Crippen LogP contribution in [0.15, 0.2) is 0 Å². The van der Waals surface area contributed by atoms with Crippen LogP contribution >= 0.6 is 0 Å². The van der Waals surface area contributed by atoms with Crippen LogP contribution in [0.5, 0.6) is 0 Å². The zero-order valence-corrected chi connectivity index (χ0v) is 6.36. The number of hydrogen-bond acceptors (Lipinski definition) is 0. The Bertz CT molecular complexity index is 151. The van der Waals surface area contributed by atoms with Crippen molar-refractivity contribution in [3.63, 3.8) is 0 Å². The summed E-state index contributed by atoms with van der Waals surface area (Å²) in [7, 11) is 0. The molecule has 1 aliphatic rings. The molecule has 9 heavy (non-hydrogen) atoms. The summed E-state index contributed by atoms with van der Waals surface area (Å²) in [6.45, 7) is 6.32. The van der Waals surface area contributed by atoms with E-state index in [-0.39, 0.29) is 5.41 Å². The summed E-state index contributed by atoms with van der Waals surface area (Å²) >= 11 is 0. The van der Waals surface area contributed by atoms with Gasteiger partial charge in [-0.25, -0.2) is 0 Å². The average molecular weight is 121 g/mol. The molecule has 0 heteroatoms. The molecule has 1 saturated carbocycles. The van der Waals surface area contributed by atoms with Crippen molar-refractivity contribution < 1.29 is 0 Å². The maximum Gasteiger partial charge on any atom is 0.0289 e. The van der Waals surface area contributed by atoms with Crippen LogP contribution in [0.4, 0.5) is 0 Å². The predicted octanol–water partition coefficient (Wildman–Crippen LogP) is 2.26. The summed E-state index contributed by atoms with van der Waals surface area (Å²) in [5, 5.41) is 0. The van der Waals surface area contributed by atoms with E-state index in [1.807, 2.05) is 6.92 Å². The van der Waals surface area contributed by atoms with Gasteiger partial charge >= 0.3 is 0 Å². The predicted molar refractivity (Wildman–Crippen MR) is 39.6 cm³/mol. The van der Waals surface area contributed by atoms with Crippen LogP contribution < -0.4 is 0 Å². The van der Waals surface area contributed by atoms with Gasteiger partial charge in [0.05, 0.1) is 0 Å². The lowest BCUT2D eigenvalue weighted by Gasteiger charge is -2.14. The zero-order valence-electron chi connectivity index (χ0n) is 6.36. The number of hydrogen-bond donors (Lipinski definition) is 0. The van der Waals surface area contributed by atoms with Gasteiger partial charge in [-0.05, 0) is 39.5 Å². The maximum absolute atomic E-state index is 3.20. The summed E-state index contributed by atoms with van der Waals surface area (Å²) in [5.41, 5.74) is 0.245. The lowest BCUT2D eigenvalue weighted by atomic mass is 9.88. The SMILES string of the molecule is CC#CC(C)(C)C1[CH]C1. The summed E-state index contributed by atoms with van der Waals surface area (Å²) < 4.78 is 0. The fraction of sp³-hybridized carbons (Fsp3) is 0.667. The van der Waals surface area contributed by atoms with E-state index in [4.69, 9.17) is 0 Å². The quantitative estimate of drug-likeness (QED) is 0.467. The maximum atomic E-state index is 3.20. The average Bonchev–Trinajstić information content (AvgIpc) is 2.41. The Morgan fingerprint density at radius 3 is 2.44 bits per heavy atom. The van der Waals surface area contributed by atoms with Gasteiger partial charge in [0, 0.05) is 5.41 Å². The molecular formula is C9H13. The molecule has 0 bridgehead atoms. The first-order valence-electron chi connectivity index (χ1n) is 3.44. The van der Waals surface area contributed by atoms with Gasteiger partial charge in [-0.3, -0.25) is 0 Å². The Morgan fingerprint density at radius 2 is 2.11 bits per heavy atom. The van der Waals surface area contributed by atoms with Crippen LogP contribution in [0, 0.1) is 29.6 Å². The van der Waals surface area contributed by atoms with Crippen LogP contribution in [0.25, 0.3) is 0 Å². The molecule has 1 radical (unpaired) electrons. The molecule has 0 nitrogen and oxygen atoms in total. The van der Waals surface area contributed by atoms with Gasteiger partial charge in [0.15, 0.2) is 0 Å². The second-order valence-electron chi connectivity index (χ2n) is 3.17. The van der Waals surface area contributed by atoms with Crippen molar-refractivity contribution in [2.24, 2.45) is 11.3 Å². The van der Waals surface area contributed by atoms with Gasteiger partial charge in [-0.15, -0.1) is 5.92 Å². The summed E-state index contributed by atoms with van der Waals surface area (Å²) in [5.74, 6) is 6.93. The van der Waals surface area contributed by atoms with Crippen LogP contribution in [-0.2, 0) is 0 Å². The molecule has 0 aromatic carbocycles. The van der Waals surface area contributed by atoms with Crippen molar-refractivity contribution in [2.45, 2.75) is 27.2 Å². The number of rotatable bonds is 1. The van der Waals surface area contributed by atoms with E-state index in [0.717, 1.165) is 5.92 Å². The Morgan fingerprint density at radius 1 is 1.56 bits per heavy atom. The summed E-state index contributed by atoms with van der Waals surface area (Å²) in [6, 6.07) is 0. The van der Waals surface area contributed by atoms with Crippen LogP contribution in [0.2, 0.25) is 0 Å². The van der Waals surface area contributed by atoms with Gasteiger partial charge in [-0.2, -0.15) is 0 Å². The Labute approximate surface area is 57.7 Å². The normalized spacial score (nSPS) is 18.6. The first-order valence-corrected chi connectivity index (χ1v) is 3.44. The molecule has 0 N–H and O–H groups in total. The van der Waals surface area contributed by atoms with Gasteiger partial charge in [0.1, 0.15) is 0 Å². The van der Waals surface area contributed by atoms with Crippen molar-refractivity contribution >= 4 is 0 Å². The summed E-state index contributed by atoms with van der Waals surface area (Å²) in [4.78, 5) is 0. The van der Waals surface area contributed by atoms with Crippen molar-refractivity contribution in [3.05, 3.63) is 6.42 Å². The Hall–Kier alpha value is -0.440. The highest BCUT2D eigenvalue weighted by atomic mass is 14.4. The Kier molecular flexibility index (Phi) is 1.53. The molecular weight excluding hydrogens is 108 g/mol. The highest BCUT2D eigenvalue weighted by Crippen LogP contribution is 2.43.